The van der Waals surface area contributed by atoms with Gasteiger partial charge in [-0.2, -0.15) is 0 Å². The van der Waals surface area contributed by atoms with Crippen LogP contribution in [-0.4, -0.2) is 11.0 Å². The first-order valence-corrected chi connectivity index (χ1v) is 8.63. The van der Waals surface area contributed by atoms with Crippen LogP contribution in [0.25, 0.3) is 0 Å². The summed E-state index contributed by atoms with van der Waals surface area (Å²) in [5.74, 6) is 0.921. The Labute approximate surface area is 135 Å². The summed E-state index contributed by atoms with van der Waals surface area (Å²) in [5, 5.41) is 5.42. The van der Waals surface area contributed by atoms with E-state index in [0.717, 1.165) is 28.4 Å². The molecule has 1 heterocycles. The van der Waals surface area contributed by atoms with Crippen molar-refractivity contribution in [3.63, 3.8) is 0 Å². The van der Waals surface area contributed by atoms with Crippen molar-refractivity contribution in [3.05, 3.63) is 58.2 Å². The van der Waals surface area contributed by atoms with Gasteiger partial charge in [0.05, 0.1) is 5.03 Å². The molecular weight excluding hydrogens is 300 g/mol. The summed E-state index contributed by atoms with van der Waals surface area (Å²) >= 11 is 7.68. The van der Waals surface area contributed by atoms with E-state index in [1.165, 1.54) is 29.5 Å². The standard InChI is InChI=1S/C17H19ClN2S/c1-12-8-14(9-19-16-6-7-16)10-20-17(12)21-11-13-2-4-15(18)5-3-13/h2-5,8,10,16,19H,6-7,9,11H2,1H3. The quantitative estimate of drug-likeness (QED) is 0.789. The van der Waals surface area contributed by atoms with Gasteiger partial charge in [-0.05, 0) is 48.6 Å². The number of hydrogen-bond acceptors (Lipinski definition) is 3. The lowest BCUT2D eigenvalue weighted by atomic mass is 10.2. The largest absolute Gasteiger partial charge is 0.310 e. The van der Waals surface area contributed by atoms with Crippen LogP contribution in [0.3, 0.4) is 0 Å². The molecular formula is C17H19ClN2S. The second-order valence-electron chi connectivity index (χ2n) is 5.54. The van der Waals surface area contributed by atoms with Crippen LogP contribution < -0.4 is 5.32 Å². The molecule has 0 amide bonds. The van der Waals surface area contributed by atoms with Crippen molar-refractivity contribution in [2.24, 2.45) is 0 Å². The lowest BCUT2D eigenvalue weighted by molar-refractivity contribution is 0.684. The molecule has 1 aliphatic rings. The van der Waals surface area contributed by atoms with Crippen LogP contribution in [0.4, 0.5) is 0 Å². The fraction of sp³-hybridized carbons (Fsp3) is 0.353. The normalized spacial score (nSPS) is 14.4. The summed E-state index contributed by atoms with van der Waals surface area (Å²) < 4.78 is 0. The first kappa shape index (κ1) is 14.9. The van der Waals surface area contributed by atoms with Crippen molar-refractivity contribution in [1.29, 1.82) is 0 Å². The van der Waals surface area contributed by atoms with E-state index in [-0.39, 0.29) is 0 Å². The number of benzene rings is 1. The zero-order valence-electron chi connectivity index (χ0n) is 12.1. The number of thioether (sulfide) groups is 1. The Bertz CT molecular complexity index is 609. The van der Waals surface area contributed by atoms with Gasteiger partial charge in [-0.15, -0.1) is 11.8 Å². The Hall–Kier alpha value is -1.03. The zero-order chi connectivity index (χ0) is 14.7. The van der Waals surface area contributed by atoms with E-state index in [0.29, 0.717) is 0 Å². The van der Waals surface area contributed by atoms with E-state index in [4.69, 9.17) is 11.6 Å². The van der Waals surface area contributed by atoms with Crippen molar-refractivity contribution in [3.8, 4) is 0 Å². The Morgan fingerprint density at radius 1 is 1.24 bits per heavy atom. The van der Waals surface area contributed by atoms with E-state index in [1.807, 2.05) is 18.3 Å². The van der Waals surface area contributed by atoms with Crippen LogP contribution in [-0.2, 0) is 12.3 Å². The van der Waals surface area contributed by atoms with Crippen molar-refractivity contribution < 1.29 is 0 Å². The summed E-state index contributed by atoms with van der Waals surface area (Å²) in [6, 6.07) is 11.0. The predicted octanol–water partition coefficient (Wildman–Crippen LogP) is 4.59. The van der Waals surface area contributed by atoms with E-state index in [2.05, 4.69) is 35.4 Å². The van der Waals surface area contributed by atoms with Crippen LogP contribution >= 0.6 is 23.4 Å². The predicted molar refractivity (Wildman–Crippen MR) is 89.8 cm³/mol. The summed E-state index contributed by atoms with van der Waals surface area (Å²) in [4.78, 5) is 4.61. The van der Waals surface area contributed by atoms with Crippen molar-refractivity contribution >= 4 is 23.4 Å². The summed E-state index contributed by atoms with van der Waals surface area (Å²) in [5.41, 5.74) is 3.80. The number of aryl methyl sites for hydroxylation is 1. The third kappa shape index (κ3) is 4.47. The van der Waals surface area contributed by atoms with Gasteiger partial charge >= 0.3 is 0 Å². The molecule has 0 unspecified atom stereocenters. The molecule has 1 saturated carbocycles. The number of nitrogens with one attached hydrogen (secondary N) is 1. The third-order valence-corrected chi connectivity index (χ3v) is 4.98. The SMILES string of the molecule is Cc1cc(CNC2CC2)cnc1SCc1ccc(Cl)cc1. The molecule has 0 atom stereocenters. The summed E-state index contributed by atoms with van der Waals surface area (Å²) in [6.45, 7) is 3.07. The molecule has 110 valence electrons. The maximum absolute atomic E-state index is 5.90. The fourth-order valence-corrected chi connectivity index (χ4v) is 3.19. The average molecular weight is 319 g/mol. The van der Waals surface area contributed by atoms with Gasteiger partial charge in [0.2, 0.25) is 0 Å². The maximum Gasteiger partial charge on any atom is 0.0992 e. The Morgan fingerprint density at radius 2 is 2.00 bits per heavy atom. The Morgan fingerprint density at radius 3 is 2.67 bits per heavy atom. The van der Waals surface area contributed by atoms with Gasteiger partial charge in [0, 0.05) is 29.6 Å². The summed E-state index contributed by atoms with van der Waals surface area (Å²) in [7, 11) is 0. The zero-order valence-corrected chi connectivity index (χ0v) is 13.7. The number of halogens is 1. The van der Waals surface area contributed by atoms with E-state index < -0.39 is 0 Å². The van der Waals surface area contributed by atoms with Crippen molar-refractivity contribution in [1.82, 2.24) is 10.3 Å². The topological polar surface area (TPSA) is 24.9 Å². The van der Waals surface area contributed by atoms with Crippen LogP contribution in [0.5, 0.6) is 0 Å². The van der Waals surface area contributed by atoms with Crippen molar-refractivity contribution in [2.75, 3.05) is 0 Å². The fourth-order valence-electron chi connectivity index (χ4n) is 2.15. The van der Waals surface area contributed by atoms with E-state index in [1.54, 1.807) is 11.8 Å². The highest BCUT2D eigenvalue weighted by molar-refractivity contribution is 7.98. The number of hydrogen-bond donors (Lipinski definition) is 1. The molecule has 0 radical (unpaired) electrons. The molecule has 1 aromatic carbocycles. The van der Waals surface area contributed by atoms with Gasteiger partial charge in [0.25, 0.3) is 0 Å². The molecule has 0 saturated heterocycles. The van der Waals surface area contributed by atoms with E-state index in [9.17, 15) is 0 Å². The first-order valence-electron chi connectivity index (χ1n) is 7.27. The number of nitrogens with zero attached hydrogens (tertiary/aromatic N) is 1. The average Bonchev–Trinajstić information content (AvgIpc) is 3.30. The van der Waals surface area contributed by atoms with Gasteiger partial charge in [-0.3, -0.25) is 0 Å². The second-order valence-corrected chi connectivity index (χ2v) is 6.94. The minimum atomic E-state index is 0.740. The third-order valence-electron chi connectivity index (χ3n) is 3.55. The highest BCUT2D eigenvalue weighted by Crippen LogP contribution is 2.25. The number of pyridine rings is 1. The molecule has 21 heavy (non-hydrogen) atoms. The minimum absolute atomic E-state index is 0.740. The van der Waals surface area contributed by atoms with Gasteiger partial charge in [-0.25, -0.2) is 4.98 Å². The molecule has 2 nitrogen and oxygen atoms in total. The molecule has 0 bridgehead atoms. The second kappa shape index (κ2) is 6.82. The molecule has 1 fully saturated rings. The minimum Gasteiger partial charge on any atom is -0.310 e. The molecule has 1 aromatic heterocycles. The Balaban J connectivity index is 1.58. The van der Waals surface area contributed by atoms with Gasteiger partial charge in [0.15, 0.2) is 0 Å². The first-order chi connectivity index (χ1) is 10.2. The smallest absolute Gasteiger partial charge is 0.0992 e. The van der Waals surface area contributed by atoms with Crippen LogP contribution in [0, 0.1) is 6.92 Å². The maximum atomic E-state index is 5.90. The number of rotatable bonds is 6. The Kier molecular flexibility index (Phi) is 4.84. The highest BCUT2D eigenvalue weighted by atomic mass is 35.5. The molecule has 0 spiro atoms. The number of aromatic nitrogens is 1. The molecule has 4 heteroatoms. The highest BCUT2D eigenvalue weighted by Gasteiger charge is 2.20. The van der Waals surface area contributed by atoms with Crippen LogP contribution in [0.15, 0.2) is 41.6 Å². The van der Waals surface area contributed by atoms with E-state index >= 15 is 0 Å². The van der Waals surface area contributed by atoms with Crippen LogP contribution in [0.2, 0.25) is 5.02 Å². The van der Waals surface area contributed by atoms with Gasteiger partial charge in [-0.1, -0.05) is 29.8 Å². The molecule has 1 aliphatic carbocycles. The monoisotopic (exact) mass is 318 g/mol. The molecule has 3 rings (SSSR count). The molecule has 1 N–H and O–H groups in total. The molecule has 2 aromatic rings. The van der Waals surface area contributed by atoms with Gasteiger partial charge < -0.3 is 5.32 Å². The van der Waals surface area contributed by atoms with Crippen LogP contribution in [0.1, 0.15) is 29.5 Å². The lowest BCUT2D eigenvalue weighted by Gasteiger charge is -2.08. The van der Waals surface area contributed by atoms with Crippen molar-refractivity contribution in [2.45, 2.75) is 43.1 Å². The molecule has 0 aliphatic heterocycles. The lowest BCUT2D eigenvalue weighted by Crippen LogP contribution is -2.15. The summed E-state index contributed by atoms with van der Waals surface area (Å²) in [6.07, 6.45) is 4.63. The van der Waals surface area contributed by atoms with Gasteiger partial charge in [0.1, 0.15) is 0 Å².